The number of para-hydroxylation sites is 1. The normalized spacial score (nSPS) is 15.4. The maximum Gasteiger partial charge on any atom is 0.255 e. The Kier molecular flexibility index (Phi) is 8.83. The number of benzene rings is 2. The number of rotatable bonds is 9. The Balaban J connectivity index is 1.60. The van der Waals surface area contributed by atoms with Gasteiger partial charge in [-0.25, -0.2) is 0 Å². The monoisotopic (exact) mass is 440 g/mol. The van der Waals surface area contributed by atoms with Gasteiger partial charge in [0.05, 0.1) is 12.7 Å². The first-order valence-corrected chi connectivity index (χ1v) is 12.3. The number of nitrogens with one attached hydrogen (secondary N) is 1. The lowest BCUT2D eigenvalue weighted by molar-refractivity contribution is -0.134. The molecule has 0 unspecified atom stereocenters. The summed E-state index contributed by atoms with van der Waals surface area (Å²) in [6.07, 6.45) is 5.68. The van der Waals surface area contributed by atoms with Crippen LogP contribution in [-0.2, 0) is 11.2 Å². The Hall–Kier alpha value is -2.47. The van der Waals surface area contributed by atoms with Crippen molar-refractivity contribution in [2.75, 3.05) is 32.2 Å². The van der Waals surface area contributed by atoms with Crippen LogP contribution in [0.3, 0.4) is 0 Å². The van der Waals surface area contributed by atoms with Crippen LogP contribution in [0.2, 0.25) is 0 Å². The fourth-order valence-corrected chi connectivity index (χ4v) is 4.56. The fraction of sp³-hybridized carbons (Fsp3) is 0.440. The average Bonchev–Trinajstić information content (AvgIpc) is 2.82. The minimum absolute atomic E-state index is 0.0236. The summed E-state index contributed by atoms with van der Waals surface area (Å²) >= 11 is 1.68. The highest BCUT2D eigenvalue weighted by atomic mass is 32.2. The van der Waals surface area contributed by atoms with E-state index >= 15 is 0 Å². The van der Waals surface area contributed by atoms with Crippen molar-refractivity contribution in [2.45, 2.75) is 31.7 Å². The first kappa shape index (κ1) is 23.2. The van der Waals surface area contributed by atoms with Crippen molar-refractivity contribution in [1.82, 2.24) is 10.2 Å². The van der Waals surface area contributed by atoms with Crippen LogP contribution in [0.15, 0.2) is 54.6 Å². The number of nitrogens with zero attached hydrogens (tertiary/aromatic N) is 1. The molecule has 1 saturated heterocycles. The molecule has 0 spiro atoms. The molecular formula is C25H32N2O3S. The number of hydrogen-bond acceptors (Lipinski definition) is 4. The van der Waals surface area contributed by atoms with Gasteiger partial charge in [0.1, 0.15) is 11.8 Å². The number of carbonyl (C=O) groups is 2. The number of methoxy groups -OCH3 is 1. The number of carbonyl (C=O) groups excluding carboxylic acids is 2. The Labute approximate surface area is 189 Å². The third-order valence-corrected chi connectivity index (χ3v) is 6.50. The molecule has 1 heterocycles. The summed E-state index contributed by atoms with van der Waals surface area (Å²) in [5.41, 5.74) is 1.81. The molecule has 0 aliphatic carbocycles. The Morgan fingerprint density at radius 1 is 1.10 bits per heavy atom. The van der Waals surface area contributed by atoms with Gasteiger partial charge in [0, 0.05) is 13.1 Å². The molecule has 0 bridgehead atoms. The van der Waals surface area contributed by atoms with Crippen LogP contribution in [0.5, 0.6) is 5.75 Å². The lowest BCUT2D eigenvalue weighted by Crippen LogP contribution is -2.51. The molecule has 6 heteroatoms. The van der Waals surface area contributed by atoms with Crippen LogP contribution >= 0.6 is 11.8 Å². The number of piperidine rings is 1. The number of hydrogen-bond donors (Lipinski definition) is 1. The van der Waals surface area contributed by atoms with E-state index in [4.69, 9.17) is 4.74 Å². The van der Waals surface area contributed by atoms with Crippen molar-refractivity contribution in [3.05, 3.63) is 65.7 Å². The van der Waals surface area contributed by atoms with Crippen molar-refractivity contribution in [2.24, 2.45) is 5.92 Å². The first-order valence-electron chi connectivity index (χ1n) is 10.9. The quantitative estimate of drug-likeness (QED) is 0.640. The maximum atomic E-state index is 13.3. The van der Waals surface area contributed by atoms with Crippen LogP contribution in [-0.4, -0.2) is 55.0 Å². The summed E-state index contributed by atoms with van der Waals surface area (Å²) in [6, 6.07) is 17.1. The number of thioether (sulfide) groups is 1. The second-order valence-electron chi connectivity index (χ2n) is 7.97. The number of likely N-dealkylation sites (tertiary alicyclic amines) is 1. The minimum atomic E-state index is -0.518. The van der Waals surface area contributed by atoms with Gasteiger partial charge in [-0.3, -0.25) is 9.59 Å². The van der Waals surface area contributed by atoms with Gasteiger partial charge >= 0.3 is 0 Å². The molecule has 2 aromatic carbocycles. The van der Waals surface area contributed by atoms with Crippen molar-refractivity contribution >= 4 is 23.6 Å². The molecule has 1 fully saturated rings. The second kappa shape index (κ2) is 11.8. The predicted octanol–water partition coefficient (Wildman–Crippen LogP) is 4.03. The third kappa shape index (κ3) is 6.50. The molecule has 2 amide bonds. The summed E-state index contributed by atoms with van der Waals surface area (Å²) < 4.78 is 5.31. The number of amides is 2. The van der Waals surface area contributed by atoms with Gasteiger partial charge in [0.2, 0.25) is 5.91 Å². The van der Waals surface area contributed by atoms with E-state index in [9.17, 15) is 9.59 Å². The van der Waals surface area contributed by atoms with Crippen molar-refractivity contribution in [3.8, 4) is 5.75 Å². The van der Waals surface area contributed by atoms with Gasteiger partial charge in [-0.15, -0.1) is 0 Å². The molecule has 31 heavy (non-hydrogen) atoms. The topological polar surface area (TPSA) is 58.6 Å². The van der Waals surface area contributed by atoms with E-state index < -0.39 is 6.04 Å². The van der Waals surface area contributed by atoms with E-state index in [-0.39, 0.29) is 11.8 Å². The summed E-state index contributed by atoms with van der Waals surface area (Å²) in [6.45, 7) is 1.49. The molecular weight excluding hydrogens is 408 g/mol. The van der Waals surface area contributed by atoms with Gasteiger partial charge in [-0.05, 0) is 61.3 Å². The van der Waals surface area contributed by atoms with E-state index in [0.717, 1.165) is 38.1 Å². The van der Waals surface area contributed by atoms with Gasteiger partial charge in [0.25, 0.3) is 5.91 Å². The van der Waals surface area contributed by atoms with E-state index in [1.54, 1.807) is 37.1 Å². The van der Waals surface area contributed by atoms with Gasteiger partial charge in [0.15, 0.2) is 0 Å². The lowest BCUT2D eigenvalue weighted by atomic mass is 9.90. The van der Waals surface area contributed by atoms with Crippen LogP contribution in [0, 0.1) is 5.92 Å². The van der Waals surface area contributed by atoms with Gasteiger partial charge in [-0.1, -0.05) is 42.5 Å². The SMILES string of the molecule is COc1ccccc1C(=O)N[C@H](CCSC)C(=O)N1CCC(Cc2ccccc2)CC1. The van der Waals surface area contributed by atoms with Crippen molar-refractivity contribution < 1.29 is 14.3 Å². The molecule has 0 radical (unpaired) electrons. The Morgan fingerprint density at radius 3 is 2.45 bits per heavy atom. The summed E-state index contributed by atoms with van der Waals surface area (Å²) in [5, 5.41) is 2.97. The summed E-state index contributed by atoms with van der Waals surface area (Å²) in [7, 11) is 1.54. The molecule has 1 aliphatic rings. The molecule has 1 atom stereocenters. The van der Waals surface area contributed by atoms with Crippen molar-refractivity contribution in [1.29, 1.82) is 0 Å². The highest BCUT2D eigenvalue weighted by Gasteiger charge is 2.29. The van der Waals surface area contributed by atoms with Crippen LogP contribution in [0.1, 0.15) is 35.2 Å². The van der Waals surface area contributed by atoms with E-state index in [1.807, 2.05) is 23.3 Å². The number of ether oxygens (including phenoxy) is 1. The van der Waals surface area contributed by atoms with Gasteiger partial charge in [-0.2, -0.15) is 11.8 Å². The zero-order valence-electron chi connectivity index (χ0n) is 18.4. The third-order valence-electron chi connectivity index (χ3n) is 5.86. The minimum Gasteiger partial charge on any atom is -0.496 e. The molecule has 1 N–H and O–H groups in total. The molecule has 166 valence electrons. The van der Waals surface area contributed by atoms with E-state index in [0.29, 0.717) is 23.7 Å². The molecule has 2 aromatic rings. The van der Waals surface area contributed by atoms with Crippen LogP contribution in [0.4, 0.5) is 0 Å². The van der Waals surface area contributed by atoms with E-state index in [2.05, 4.69) is 29.6 Å². The zero-order valence-corrected chi connectivity index (χ0v) is 19.2. The molecule has 5 nitrogen and oxygen atoms in total. The molecule has 1 aliphatic heterocycles. The Morgan fingerprint density at radius 2 is 1.77 bits per heavy atom. The highest BCUT2D eigenvalue weighted by Crippen LogP contribution is 2.23. The van der Waals surface area contributed by atoms with Gasteiger partial charge < -0.3 is 15.0 Å². The maximum absolute atomic E-state index is 13.3. The second-order valence-corrected chi connectivity index (χ2v) is 8.95. The summed E-state index contributed by atoms with van der Waals surface area (Å²) in [4.78, 5) is 28.1. The lowest BCUT2D eigenvalue weighted by Gasteiger charge is -2.34. The van der Waals surface area contributed by atoms with Crippen molar-refractivity contribution in [3.63, 3.8) is 0 Å². The standard InChI is InChI=1S/C25H32N2O3S/c1-30-23-11-7-6-10-21(23)24(28)26-22(14-17-31-2)25(29)27-15-12-20(13-16-27)18-19-8-4-3-5-9-19/h3-11,20,22H,12-18H2,1-2H3,(H,26,28)/t22-/m1/s1. The average molecular weight is 441 g/mol. The molecule has 3 rings (SSSR count). The smallest absolute Gasteiger partial charge is 0.255 e. The fourth-order valence-electron chi connectivity index (χ4n) is 4.09. The predicted molar refractivity (Wildman–Crippen MR) is 127 cm³/mol. The zero-order chi connectivity index (χ0) is 22.1. The molecule has 0 aromatic heterocycles. The first-order chi connectivity index (χ1) is 15.1. The van der Waals surface area contributed by atoms with E-state index in [1.165, 1.54) is 5.56 Å². The summed E-state index contributed by atoms with van der Waals surface area (Å²) in [5.74, 6) is 1.68. The van der Waals surface area contributed by atoms with Crippen LogP contribution in [0.25, 0.3) is 0 Å². The van der Waals surface area contributed by atoms with Crippen LogP contribution < -0.4 is 10.1 Å². The highest BCUT2D eigenvalue weighted by molar-refractivity contribution is 7.98. The largest absolute Gasteiger partial charge is 0.496 e. The Bertz CT molecular complexity index is 851. The molecule has 0 saturated carbocycles.